The fraction of sp³-hybridized carbons (Fsp3) is 0.500. The molecule has 0 heterocycles. The van der Waals surface area contributed by atoms with Crippen LogP contribution >= 0.6 is 12.4 Å². The Bertz CT molecular complexity index is 662. The van der Waals surface area contributed by atoms with Crippen LogP contribution in [0.2, 0.25) is 0 Å². The number of hydrogen-bond acceptors (Lipinski definition) is 2. The van der Waals surface area contributed by atoms with Crippen LogP contribution in [0.15, 0.2) is 41.5 Å². The van der Waals surface area contributed by atoms with Crippen LogP contribution in [0, 0.1) is 23.2 Å². The Morgan fingerprint density at radius 2 is 1.65 bits per heavy atom. The molecule has 1 aromatic rings. The lowest BCUT2D eigenvalue weighted by molar-refractivity contribution is 0.00145. The number of aliphatic imine (C=N–C) groups is 1. The lowest BCUT2D eigenvalue weighted by atomic mass is 9.53. The summed E-state index contributed by atoms with van der Waals surface area (Å²) in [4.78, 5) is 5.06. The van der Waals surface area contributed by atoms with Gasteiger partial charge in [0.15, 0.2) is 5.96 Å². The van der Waals surface area contributed by atoms with Crippen LogP contribution in [0.1, 0.15) is 44.1 Å². The Morgan fingerprint density at radius 1 is 1.08 bits per heavy atom. The van der Waals surface area contributed by atoms with E-state index < -0.39 is 0 Å². The van der Waals surface area contributed by atoms with Gasteiger partial charge < -0.3 is 11.1 Å². The molecular weight excluding hydrogens is 346 g/mol. The molecule has 0 aliphatic heterocycles. The van der Waals surface area contributed by atoms with Gasteiger partial charge in [0.2, 0.25) is 5.96 Å². The Labute approximate surface area is 161 Å². The molecule has 0 atom stereocenters. The van der Waals surface area contributed by atoms with Crippen LogP contribution in [0.5, 0.6) is 0 Å². The summed E-state index contributed by atoms with van der Waals surface area (Å²) in [6, 6.07) is 10.1. The number of halogens is 1. The summed E-state index contributed by atoms with van der Waals surface area (Å²) >= 11 is 0. The zero-order valence-electron chi connectivity index (χ0n) is 14.9. The SMILES string of the molecule is Cl.N=C(N)NC(=NC12CC3CC(CC(C3)C1)C2)NC=Cc1ccccc1. The fourth-order valence-electron chi connectivity index (χ4n) is 5.44. The van der Waals surface area contributed by atoms with Crippen molar-refractivity contribution in [2.24, 2.45) is 28.5 Å². The number of guanidine groups is 2. The highest BCUT2D eigenvalue weighted by Gasteiger charge is 2.51. The van der Waals surface area contributed by atoms with Crippen LogP contribution < -0.4 is 16.4 Å². The first kappa shape index (κ1) is 18.8. The van der Waals surface area contributed by atoms with Gasteiger partial charge >= 0.3 is 0 Å². The van der Waals surface area contributed by atoms with E-state index in [1.54, 1.807) is 0 Å². The second-order valence-electron chi connectivity index (χ2n) is 8.03. The Kier molecular flexibility index (Phi) is 5.56. The monoisotopic (exact) mass is 373 g/mol. The lowest BCUT2D eigenvalue weighted by Crippen LogP contribution is -2.52. The van der Waals surface area contributed by atoms with Gasteiger partial charge in [-0.15, -0.1) is 12.4 Å². The molecule has 0 radical (unpaired) electrons. The van der Waals surface area contributed by atoms with Crippen molar-refractivity contribution in [1.82, 2.24) is 10.6 Å². The van der Waals surface area contributed by atoms with Crippen LogP contribution in [-0.2, 0) is 0 Å². The molecule has 26 heavy (non-hydrogen) atoms. The third-order valence-corrected chi connectivity index (χ3v) is 5.90. The van der Waals surface area contributed by atoms with Crippen molar-refractivity contribution in [3.63, 3.8) is 0 Å². The van der Waals surface area contributed by atoms with Crippen molar-refractivity contribution in [1.29, 1.82) is 5.41 Å². The molecule has 4 bridgehead atoms. The van der Waals surface area contributed by atoms with Crippen molar-refractivity contribution in [2.75, 3.05) is 0 Å². The molecule has 5 rings (SSSR count). The largest absolute Gasteiger partial charge is 0.370 e. The Balaban J connectivity index is 0.00000196. The number of nitrogens with zero attached hydrogens (tertiary/aromatic N) is 1. The van der Waals surface area contributed by atoms with Crippen molar-refractivity contribution in [3.05, 3.63) is 42.1 Å². The molecule has 5 nitrogen and oxygen atoms in total. The van der Waals surface area contributed by atoms with Gasteiger partial charge in [-0.3, -0.25) is 10.7 Å². The van der Waals surface area contributed by atoms with E-state index in [9.17, 15) is 0 Å². The van der Waals surface area contributed by atoms with E-state index >= 15 is 0 Å². The maximum atomic E-state index is 7.59. The van der Waals surface area contributed by atoms with E-state index in [0.717, 1.165) is 23.3 Å². The summed E-state index contributed by atoms with van der Waals surface area (Å²) in [5.41, 5.74) is 6.73. The average molecular weight is 374 g/mol. The number of rotatable bonds is 3. The standard InChI is InChI=1S/C20H27N5.ClH/c21-18(22)24-19(23-7-6-14-4-2-1-3-5-14)25-20-11-15-8-16(12-20)10-17(9-15)13-20;/h1-7,15-17H,8-13H2,(H5,21,22,23,24,25);1H. The zero-order valence-corrected chi connectivity index (χ0v) is 15.8. The molecule has 0 amide bonds. The third kappa shape index (κ3) is 4.21. The summed E-state index contributed by atoms with van der Waals surface area (Å²) in [6.07, 6.45) is 11.6. The minimum Gasteiger partial charge on any atom is -0.370 e. The summed E-state index contributed by atoms with van der Waals surface area (Å²) < 4.78 is 0. The van der Waals surface area contributed by atoms with Gasteiger partial charge in [-0.1, -0.05) is 30.3 Å². The second kappa shape index (κ2) is 7.70. The quantitative estimate of drug-likeness (QED) is 0.483. The van der Waals surface area contributed by atoms with Gasteiger partial charge in [0, 0.05) is 6.20 Å². The second-order valence-corrected chi connectivity index (χ2v) is 8.03. The van der Waals surface area contributed by atoms with Crippen molar-refractivity contribution in [2.45, 2.75) is 44.1 Å². The van der Waals surface area contributed by atoms with Crippen LogP contribution in [0.3, 0.4) is 0 Å². The first-order chi connectivity index (χ1) is 12.1. The predicted octanol–water partition coefficient (Wildman–Crippen LogP) is 3.48. The molecule has 6 heteroatoms. The van der Waals surface area contributed by atoms with Crippen molar-refractivity contribution in [3.8, 4) is 0 Å². The molecular formula is C20H28ClN5. The predicted molar refractivity (Wildman–Crippen MR) is 109 cm³/mol. The third-order valence-electron chi connectivity index (χ3n) is 5.90. The number of nitrogens with two attached hydrogens (primary N) is 1. The van der Waals surface area contributed by atoms with E-state index in [2.05, 4.69) is 10.6 Å². The average Bonchev–Trinajstić information content (AvgIpc) is 2.53. The maximum Gasteiger partial charge on any atom is 0.202 e. The fourth-order valence-corrected chi connectivity index (χ4v) is 5.44. The van der Waals surface area contributed by atoms with Gasteiger partial charge in [0.25, 0.3) is 0 Å². The minimum atomic E-state index is -0.0795. The number of nitrogens with one attached hydrogen (secondary N) is 3. The molecule has 0 saturated heterocycles. The molecule has 5 N–H and O–H groups in total. The molecule has 0 aromatic heterocycles. The molecule has 1 aromatic carbocycles. The zero-order chi connectivity index (χ0) is 17.3. The van der Waals surface area contributed by atoms with Gasteiger partial charge in [0.05, 0.1) is 5.54 Å². The van der Waals surface area contributed by atoms with E-state index in [-0.39, 0.29) is 23.9 Å². The van der Waals surface area contributed by atoms with E-state index in [4.69, 9.17) is 16.1 Å². The first-order valence-electron chi connectivity index (χ1n) is 9.29. The van der Waals surface area contributed by atoms with E-state index in [0.29, 0.717) is 5.96 Å². The van der Waals surface area contributed by atoms with Crippen LogP contribution in [0.4, 0.5) is 0 Å². The maximum absolute atomic E-state index is 7.59. The lowest BCUT2D eigenvalue weighted by Gasteiger charge is -2.55. The van der Waals surface area contributed by atoms with Crippen LogP contribution in [0.25, 0.3) is 6.08 Å². The molecule has 0 unspecified atom stereocenters. The Morgan fingerprint density at radius 3 is 2.19 bits per heavy atom. The van der Waals surface area contributed by atoms with E-state index in [1.807, 2.05) is 42.6 Å². The van der Waals surface area contributed by atoms with E-state index in [1.165, 1.54) is 38.5 Å². The molecule has 0 spiro atoms. The molecule has 4 aliphatic carbocycles. The molecule has 4 fully saturated rings. The normalized spacial score (nSPS) is 32.3. The smallest absolute Gasteiger partial charge is 0.202 e. The van der Waals surface area contributed by atoms with Crippen molar-refractivity contribution < 1.29 is 0 Å². The first-order valence-corrected chi connectivity index (χ1v) is 9.29. The summed E-state index contributed by atoms with van der Waals surface area (Å²) in [5.74, 6) is 3.04. The molecule has 4 aliphatic rings. The highest BCUT2D eigenvalue weighted by atomic mass is 35.5. The van der Waals surface area contributed by atoms with Crippen LogP contribution in [-0.4, -0.2) is 17.5 Å². The summed E-state index contributed by atoms with van der Waals surface area (Å²) in [5, 5.41) is 13.7. The summed E-state index contributed by atoms with van der Waals surface area (Å²) in [6.45, 7) is 0. The highest BCUT2D eigenvalue weighted by molar-refractivity contribution is 5.97. The summed E-state index contributed by atoms with van der Waals surface area (Å²) in [7, 11) is 0. The number of hydrogen-bond donors (Lipinski definition) is 4. The molecule has 4 saturated carbocycles. The minimum absolute atomic E-state index is 0. The van der Waals surface area contributed by atoms with Gasteiger partial charge in [-0.2, -0.15) is 0 Å². The Hall–Kier alpha value is -2.01. The van der Waals surface area contributed by atoms with Gasteiger partial charge in [-0.25, -0.2) is 4.99 Å². The topological polar surface area (TPSA) is 86.3 Å². The molecule has 140 valence electrons. The van der Waals surface area contributed by atoms with Gasteiger partial charge in [0.1, 0.15) is 0 Å². The number of benzene rings is 1. The van der Waals surface area contributed by atoms with Gasteiger partial charge in [-0.05, 0) is 67.9 Å². The highest BCUT2D eigenvalue weighted by Crippen LogP contribution is 2.57. The van der Waals surface area contributed by atoms with Crippen molar-refractivity contribution >= 4 is 30.4 Å².